The number of amides is 1. The van der Waals surface area contributed by atoms with Crippen molar-refractivity contribution in [2.75, 3.05) is 5.32 Å². The first-order valence-electron chi connectivity index (χ1n) is 5.39. The van der Waals surface area contributed by atoms with Crippen LogP contribution < -0.4 is 5.32 Å². The molecular weight excluding hydrogens is 314 g/mol. The quantitative estimate of drug-likeness (QED) is 0.855. The molecule has 92 valence electrons. The molecule has 2 aromatic rings. The Balaban J connectivity index is 2.24. The molecule has 2 rings (SSSR count). The van der Waals surface area contributed by atoms with Gasteiger partial charge in [-0.1, -0.05) is 23.7 Å². The summed E-state index contributed by atoms with van der Waals surface area (Å²) < 4.78 is 0.719. The van der Waals surface area contributed by atoms with Crippen molar-refractivity contribution in [3.05, 3.63) is 63.1 Å². The maximum absolute atomic E-state index is 12.1. The molecule has 1 N–H and O–H groups in total. The third-order valence-electron chi connectivity index (χ3n) is 2.45. The second-order valence-corrected chi connectivity index (χ2v) is 5.24. The highest BCUT2D eigenvalue weighted by Crippen LogP contribution is 2.22. The van der Waals surface area contributed by atoms with Crippen LogP contribution in [0, 0.1) is 6.92 Å². The van der Waals surface area contributed by atoms with E-state index in [4.69, 9.17) is 11.6 Å². The van der Waals surface area contributed by atoms with E-state index in [1.807, 2.05) is 31.2 Å². The summed E-state index contributed by atoms with van der Waals surface area (Å²) in [6.07, 6.45) is 0. The summed E-state index contributed by atoms with van der Waals surface area (Å²) in [7, 11) is 0. The van der Waals surface area contributed by atoms with Gasteiger partial charge in [0.15, 0.2) is 0 Å². The van der Waals surface area contributed by atoms with Crippen molar-refractivity contribution in [2.24, 2.45) is 0 Å². The van der Waals surface area contributed by atoms with E-state index in [-0.39, 0.29) is 5.91 Å². The zero-order chi connectivity index (χ0) is 13.1. The third kappa shape index (κ3) is 3.12. The fourth-order valence-electron chi connectivity index (χ4n) is 1.59. The van der Waals surface area contributed by atoms with Crippen molar-refractivity contribution in [1.29, 1.82) is 0 Å². The minimum atomic E-state index is -0.185. The van der Waals surface area contributed by atoms with Gasteiger partial charge in [-0.25, -0.2) is 0 Å². The van der Waals surface area contributed by atoms with Gasteiger partial charge in [0.25, 0.3) is 5.91 Å². The first kappa shape index (κ1) is 13.1. The molecule has 0 radical (unpaired) electrons. The Hall–Kier alpha value is -1.32. The molecule has 0 fully saturated rings. The molecule has 18 heavy (non-hydrogen) atoms. The fourth-order valence-corrected chi connectivity index (χ4v) is 2.19. The van der Waals surface area contributed by atoms with Gasteiger partial charge >= 0.3 is 0 Å². The molecule has 0 atom stereocenters. The monoisotopic (exact) mass is 323 g/mol. The largest absolute Gasteiger partial charge is 0.322 e. The van der Waals surface area contributed by atoms with Crippen LogP contribution in [0.1, 0.15) is 15.9 Å². The normalized spacial score (nSPS) is 10.2. The molecule has 0 bridgehead atoms. The van der Waals surface area contributed by atoms with E-state index < -0.39 is 0 Å². The molecule has 2 nitrogen and oxygen atoms in total. The van der Waals surface area contributed by atoms with E-state index in [1.165, 1.54) is 0 Å². The van der Waals surface area contributed by atoms with E-state index in [2.05, 4.69) is 21.2 Å². The van der Waals surface area contributed by atoms with E-state index in [0.29, 0.717) is 10.6 Å². The van der Waals surface area contributed by atoms with Gasteiger partial charge in [0.05, 0.1) is 5.56 Å². The van der Waals surface area contributed by atoms with Crippen molar-refractivity contribution in [3.8, 4) is 0 Å². The SMILES string of the molecule is Cc1cccc(NC(=O)c2cc(Cl)ccc2Br)c1. The summed E-state index contributed by atoms with van der Waals surface area (Å²) in [6.45, 7) is 1.98. The Morgan fingerprint density at radius 2 is 2.00 bits per heavy atom. The van der Waals surface area contributed by atoms with Crippen LogP contribution in [0.5, 0.6) is 0 Å². The molecule has 0 saturated carbocycles. The smallest absolute Gasteiger partial charge is 0.256 e. The number of anilines is 1. The summed E-state index contributed by atoms with van der Waals surface area (Å²) in [5, 5.41) is 3.37. The number of rotatable bonds is 2. The average molecular weight is 325 g/mol. The number of carbonyl (C=O) groups is 1. The van der Waals surface area contributed by atoms with Crippen molar-refractivity contribution in [3.63, 3.8) is 0 Å². The average Bonchev–Trinajstić information content (AvgIpc) is 2.32. The molecular formula is C14H11BrClNO. The number of hydrogen-bond acceptors (Lipinski definition) is 1. The lowest BCUT2D eigenvalue weighted by atomic mass is 10.2. The van der Waals surface area contributed by atoms with E-state index >= 15 is 0 Å². The van der Waals surface area contributed by atoms with Gasteiger partial charge in [0.1, 0.15) is 0 Å². The topological polar surface area (TPSA) is 29.1 Å². The Morgan fingerprint density at radius 1 is 1.22 bits per heavy atom. The zero-order valence-corrected chi connectivity index (χ0v) is 12.0. The van der Waals surface area contributed by atoms with Crippen LogP contribution in [-0.2, 0) is 0 Å². The maximum atomic E-state index is 12.1. The summed E-state index contributed by atoms with van der Waals surface area (Å²) >= 11 is 9.23. The fraction of sp³-hybridized carbons (Fsp3) is 0.0714. The molecule has 0 aromatic heterocycles. The van der Waals surface area contributed by atoms with Crippen molar-refractivity contribution < 1.29 is 4.79 Å². The second kappa shape index (κ2) is 5.55. The predicted molar refractivity (Wildman–Crippen MR) is 78.3 cm³/mol. The maximum Gasteiger partial charge on any atom is 0.256 e. The van der Waals surface area contributed by atoms with Crippen molar-refractivity contribution in [1.82, 2.24) is 0 Å². The van der Waals surface area contributed by atoms with Crippen LogP contribution in [0.25, 0.3) is 0 Å². The molecule has 0 heterocycles. The van der Waals surface area contributed by atoms with Crippen LogP contribution >= 0.6 is 27.5 Å². The van der Waals surface area contributed by atoms with Crippen LogP contribution in [-0.4, -0.2) is 5.91 Å². The lowest BCUT2D eigenvalue weighted by molar-refractivity contribution is 0.102. The van der Waals surface area contributed by atoms with E-state index in [1.54, 1.807) is 18.2 Å². The number of halogens is 2. The van der Waals surface area contributed by atoms with E-state index in [9.17, 15) is 4.79 Å². The van der Waals surface area contributed by atoms with Gasteiger partial charge in [-0.3, -0.25) is 4.79 Å². The van der Waals surface area contributed by atoms with Gasteiger partial charge in [-0.05, 0) is 58.7 Å². The molecule has 2 aromatic carbocycles. The van der Waals surface area contributed by atoms with Crippen LogP contribution in [0.15, 0.2) is 46.9 Å². The highest BCUT2D eigenvalue weighted by molar-refractivity contribution is 9.10. The second-order valence-electron chi connectivity index (χ2n) is 3.95. The molecule has 0 unspecified atom stereocenters. The standard InChI is InChI=1S/C14H11BrClNO/c1-9-3-2-4-11(7-9)17-14(18)12-8-10(16)5-6-13(12)15/h2-8H,1H3,(H,17,18). The lowest BCUT2D eigenvalue weighted by Gasteiger charge is -2.08. The van der Waals surface area contributed by atoms with Crippen LogP contribution in [0.2, 0.25) is 5.02 Å². The van der Waals surface area contributed by atoms with Gasteiger partial charge in [-0.2, -0.15) is 0 Å². The Kier molecular flexibility index (Phi) is 4.04. The first-order chi connectivity index (χ1) is 8.56. The zero-order valence-electron chi connectivity index (χ0n) is 9.71. The summed E-state index contributed by atoms with van der Waals surface area (Å²) in [5.41, 5.74) is 2.38. The minimum absolute atomic E-state index is 0.185. The van der Waals surface area contributed by atoms with Gasteiger partial charge in [0, 0.05) is 15.2 Å². The third-order valence-corrected chi connectivity index (χ3v) is 3.38. The van der Waals surface area contributed by atoms with Gasteiger partial charge < -0.3 is 5.32 Å². The minimum Gasteiger partial charge on any atom is -0.322 e. The number of carbonyl (C=O) groups excluding carboxylic acids is 1. The molecule has 0 aliphatic heterocycles. The molecule has 0 saturated heterocycles. The molecule has 0 aliphatic carbocycles. The van der Waals surface area contributed by atoms with Gasteiger partial charge in [-0.15, -0.1) is 0 Å². The van der Waals surface area contributed by atoms with E-state index in [0.717, 1.165) is 15.7 Å². The number of benzene rings is 2. The first-order valence-corrected chi connectivity index (χ1v) is 6.56. The predicted octanol–water partition coefficient (Wildman–Crippen LogP) is 4.66. The number of hydrogen-bond donors (Lipinski definition) is 1. The highest BCUT2D eigenvalue weighted by atomic mass is 79.9. The summed E-state index contributed by atoms with van der Waals surface area (Å²) in [5.74, 6) is -0.185. The summed E-state index contributed by atoms with van der Waals surface area (Å²) in [4.78, 5) is 12.1. The molecule has 0 aliphatic rings. The highest BCUT2D eigenvalue weighted by Gasteiger charge is 2.10. The Labute approximate surface area is 119 Å². The lowest BCUT2D eigenvalue weighted by Crippen LogP contribution is -2.12. The number of nitrogens with one attached hydrogen (secondary N) is 1. The van der Waals surface area contributed by atoms with Crippen LogP contribution in [0.3, 0.4) is 0 Å². The van der Waals surface area contributed by atoms with Crippen molar-refractivity contribution >= 4 is 39.1 Å². The van der Waals surface area contributed by atoms with Gasteiger partial charge in [0.2, 0.25) is 0 Å². The Bertz CT molecular complexity index is 598. The van der Waals surface area contributed by atoms with Crippen LogP contribution in [0.4, 0.5) is 5.69 Å². The Morgan fingerprint density at radius 3 is 2.72 bits per heavy atom. The van der Waals surface area contributed by atoms with Crippen molar-refractivity contribution in [2.45, 2.75) is 6.92 Å². The summed E-state index contributed by atoms with van der Waals surface area (Å²) in [6, 6.07) is 12.8. The molecule has 1 amide bonds. The number of aryl methyl sites for hydroxylation is 1. The molecule has 0 spiro atoms. The molecule has 4 heteroatoms.